The Morgan fingerprint density at radius 3 is 2.80 bits per heavy atom. The van der Waals surface area contributed by atoms with Crippen LogP contribution in [0.25, 0.3) is 0 Å². The summed E-state index contributed by atoms with van der Waals surface area (Å²) in [5.74, 6) is 0.204. The molecule has 0 aromatic heterocycles. The number of allylic oxidation sites excluding steroid dienone is 1. The minimum atomic E-state index is 0.0980. The quantitative estimate of drug-likeness (QED) is 0.375. The van der Waals surface area contributed by atoms with Crippen LogP contribution in [0.3, 0.4) is 0 Å². The maximum Gasteiger partial charge on any atom is 0.125 e. The molecule has 2 rings (SSSR count). The number of aryl methyl sites for hydroxylation is 1. The van der Waals surface area contributed by atoms with Crippen LogP contribution in [0.4, 0.5) is 5.69 Å². The molecule has 0 radical (unpaired) electrons. The predicted molar refractivity (Wildman–Crippen MR) is 85.0 cm³/mol. The summed E-state index contributed by atoms with van der Waals surface area (Å²) in [4.78, 5) is 0.251. The highest BCUT2D eigenvalue weighted by Gasteiger charge is 2.29. The number of rotatable bonds is 4. The number of aliphatic hydroxyl groups excluding tert-OH is 1. The largest absolute Gasteiger partial charge is 0.511 e. The molecular formula is C15H15ClN2OS. The molecule has 0 saturated heterocycles. The van der Waals surface area contributed by atoms with Crippen molar-refractivity contribution in [2.24, 2.45) is 5.92 Å². The third kappa shape index (κ3) is 3.30. The Morgan fingerprint density at radius 2 is 2.25 bits per heavy atom. The zero-order valence-electron chi connectivity index (χ0n) is 11.1. The number of nitrogens with zero attached hydrogens (tertiary/aromatic N) is 1. The molecule has 20 heavy (non-hydrogen) atoms. The van der Waals surface area contributed by atoms with Crippen molar-refractivity contribution >= 4 is 34.5 Å². The molecule has 0 unspecified atom stereocenters. The second-order valence-electron chi connectivity index (χ2n) is 4.76. The molecule has 1 saturated carbocycles. The van der Waals surface area contributed by atoms with Crippen LogP contribution in [0.5, 0.6) is 0 Å². The number of thiocarbonyl (C=S) groups is 1. The Balaban J connectivity index is 2.19. The first-order valence-electron chi connectivity index (χ1n) is 6.49. The molecule has 1 aliphatic carbocycles. The van der Waals surface area contributed by atoms with Crippen molar-refractivity contribution in [1.82, 2.24) is 0 Å². The van der Waals surface area contributed by atoms with Gasteiger partial charge in [-0.05, 0) is 43.0 Å². The van der Waals surface area contributed by atoms with E-state index in [-0.39, 0.29) is 22.2 Å². The van der Waals surface area contributed by atoms with Gasteiger partial charge < -0.3 is 10.4 Å². The summed E-state index contributed by atoms with van der Waals surface area (Å²) in [6.45, 7) is 2.02. The maximum atomic E-state index is 9.95. The van der Waals surface area contributed by atoms with Crippen LogP contribution in [0.2, 0.25) is 5.02 Å². The first kappa shape index (κ1) is 14.8. The first-order valence-corrected chi connectivity index (χ1v) is 7.28. The molecular weight excluding hydrogens is 292 g/mol. The fourth-order valence-electron chi connectivity index (χ4n) is 1.90. The van der Waals surface area contributed by atoms with E-state index in [0.717, 1.165) is 30.5 Å². The zero-order valence-corrected chi connectivity index (χ0v) is 12.7. The van der Waals surface area contributed by atoms with Crippen molar-refractivity contribution in [3.63, 3.8) is 0 Å². The van der Waals surface area contributed by atoms with Gasteiger partial charge in [0.2, 0.25) is 0 Å². The lowest BCUT2D eigenvalue weighted by Gasteiger charge is -2.10. The van der Waals surface area contributed by atoms with Crippen molar-refractivity contribution in [3.05, 3.63) is 40.1 Å². The van der Waals surface area contributed by atoms with Crippen LogP contribution in [-0.2, 0) is 6.42 Å². The standard InChI is InChI=1S/C15H15ClN2OS/c1-2-9-7-11(5-6-13(9)16)18-15(20)12(8-17)14(19)10-3-4-10/h5-7,10,19H,2-4H2,1H3,(H,18,20)/b14-12+. The van der Waals surface area contributed by atoms with Crippen LogP contribution >= 0.6 is 23.8 Å². The Bertz CT molecular complexity index is 615. The molecule has 0 atom stereocenters. The predicted octanol–water partition coefficient (Wildman–Crippen LogP) is 4.39. The van der Waals surface area contributed by atoms with Gasteiger partial charge in [-0.15, -0.1) is 0 Å². The normalized spacial score (nSPS) is 15.2. The number of nitriles is 1. The molecule has 0 bridgehead atoms. The number of aliphatic hydroxyl groups is 1. The Hall–Kier alpha value is -1.57. The Morgan fingerprint density at radius 1 is 1.55 bits per heavy atom. The summed E-state index contributed by atoms with van der Waals surface area (Å²) in [5, 5.41) is 22.8. The number of anilines is 1. The van der Waals surface area contributed by atoms with E-state index in [0.29, 0.717) is 5.02 Å². The molecule has 1 aromatic carbocycles. The van der Waals surface area contributed by atoms with Crippen molar-refractivity contribution in [2.45, 2.75) is 26.2 Å². The number of benzene rings is 1. The Labute approximate surface area is 128 Å². The van der Waals surface area contributed by atoms with E-state index in [4.69, 9.17) is 29.1 Å². The molecule has 0 aliphatic heterocycles. The van der Waals surface area contributed by atoms with Gasteiger partial charge in [0.15, 0.2) is 0 Å². The van der Waals surface area contributed by atoms with Gasteiger partial charge in [0.05, 0.1) is 0 Å². The average Bonchev–Trinajstić information content (AvgIpc) is 3.26. The van der Waals surface area contributed by atoms with E-state index in [1.54, 1.807) is 12.1 Å². The number of halogens is 1. The molecule has 0 heterocycles. The highest BCUT2D eigenvalue weighted by molar-refractivity contribution is 7.81. The smallest absolute Gasteiger partial charge is 0.125 e. The summed E-state index contributed by atoms with van der Waals surface area (Å²) in [6, 6.07) is 7.48. The van der Waals surface area contributed by atoms with E-state index in [1.165, 1.54) is 0 Å². The molecule has 1 fully saturated rings. The minimum Gasteiger partial charge on any atom is -0.511 e. The molecule has 2 N–H and O–H groups in total. The molecule has 1 aliphatic rings. The summed E-state index contributed by atoms with van der Waals surface area (Å²) < 4.78 is 0. The molecule has 5 heteroatoms. The third-order valence-electron chi connectivity index (χ3n) is 3.24. The van der Waals surface area contributed by atoms with E-state index < -0.39 is 0 Å². The van der Waals surface area contributed by atoms with Gasteiger partial charge >= 0.3 is 0 Å². The summed E-state index contributed by atoms with van der Waals surface area (Å²) in [5.41, 5.74) is 1.94. The van der Waals surface area contributed by atoms with E-state index in [2.05, 4.69) is 5.32 Å². The molecule has 1 aromatic rings. The highest BCUT2D eigenvalue weighted by atomic mass is 35.5. The summed E-state index contributed by atoms with van der Waals surface area (Å²) in [7, 11) is 0. The van der Waals surface area contributed by atoms with Gasteiger partial charge in [-0.3, -0.25) is 0 Å². The molecule has 0 spiro atoms. The van der Waals surface area contributed by atoms with Gasteiger partial charge in [0.1, 0.15) is 22.4 Å². The SMILES string of the molecule is CCc1cc(NC(=S)/C(C#N)=C(/O)C2CC2)ccc1Cl. The lowest BCUT2D eigenvalue weighted by molar-refractivity contribution is 0.377. The fraction of sp³-hybridized carbons (Fsp3) is 0.333. The van der Waals surface area contributed by atoms with Gasteiger partial charge in [-0.2, -0.15) is 5.26 Å². The van der Waals surface area contributed by atoms with Crippen molar-refractivity contribution < 1.29 is 5.11 Å². The van der Waals surface area contributed by atoms with Crippen LogP contribution in [0.1, 0.15) is 25.3 Å². The van der Waals surface area contributed by atoms with Crippen LogP contribution in [0, 0.1) is 17.2 Å². The number of hydrogen-bond donors (Lipinski definition) is 2. The van der Waals surface area contributed by atoms with E-state index >= 15 is 0 Å². The first-order chi connectivity index (χ1) is 9.56. The van der Waals surface area contributed by atoms with Gasteiger partial charge in [-0.1, -0.05) is 30.7 Å². The topological polar surface area (TPSA) is 56.0 Å². The molecule has 3 nitrogen and oxygen atoms in total. The lowest BCUT2D eigenvalue weighted by atomic mass is 10.1. The summed E-state index contributed by atoms with van der Waals surface area (Å²) in [6.07, 6.45) is 2.65. The molecule has 104 valence electrons. The minimum absolute atomic E-state index is 0.0980. The fourth-order valence-corrected chi connectivity index (χ4v) is 2.42. The monoisotopic (exact) mass is 306 g/mol. The zero-order chi connectivity index (χ0) is 14.7. The van der Waals surface area contributed by atoms with E-state index in [9.17, 15) is 5.11 Å². The third-order valence-corrected chi connectivity index (χ3v) is 3.92. The van der Waals surface area contributed by atoms with Gasteiger partial charge in [0.25, 0.3) is 0 Å². The van der Waals surface area contributed by atoms with Crippen LogP contribution in [-0.4, -0.2) is 10.1 Å². The molecule has 0 amide bonds. The van der Waals surface area contributed by atoms with E-state index in [1.807, 2.05) is 19.1 Å². The van der Waals surface area contributed by atoms with Gasteiger partial charge in [0, 0.05) is 16.6 Å². The Kier molecular flexibility index (Phi) is 4.64. The highest BCUT2D eigenvalue weighted by Crippen LogP contribution is 2.36. The van der Waals surface area contributed by atoms with Crippen molar-refractivity contribution in [1.29, 1.82) is 5.26 Å². The average molecular weight is 307 g/mol. The number of hydrogen-bond acceptors (Lipinski definition) is 3. The maximum absolute atomic E-state index is 9.95. The van der Waals surface area contributed by atoms with Crippen LogP contribution in [0.15, 0.2) is 29.5 Å². The van der Waals surface area contributed by atoms with Crippen LogP contribution < -0.4 is 5.32 Å². The number of nitrogens with one attached hydrogen (secondary N) is 1. The summed E-state index contributed by atoms with van der Waals surface area (Å²) >= 11 is 11.3. The lowest BCUT2D eigenvalue weighted by Crippen LogP contribution is -2.14. The van der Waals surface area contributed by atoms with Crippen molar-refractivity contribution in [3.8, 4) is 6.07 Å². The van der Waals surface area contributed by atoms with Crippen molar-refractivity contribution in [2.75, 3.05) is 5.32 Å². The van der Waals surface area contributed by atoms with Gasteiger partial charge in [-0.25, -0.2) is 0 Å². The second kappa shape index (κ2) is 6.25. The second-order valence-corrected chi connectivity index (χ2v) is 5.58.